The summed E-state index contributed by atoms with van der Waals surface area (Å²) in [7, 11) is 0. The molecule has 1 unspecified atom stereocenters. The van der Waals surface area contributed by atoms with E-state index in [1.807, 2.05) is 0 Å². The van der Waals surface area contributed by atoms with Crippen LogP contribution in [-0.2, 0) is 0 Å². The Kier molecular flexibility index (Phi) is 4.91. The van der Waals surface area contributed by atoms with Crippen LogP contribution in [0.3, 0.4) is 0 Å². The van der Waals surface area contributed by atoms with Crippen molar-refractivity contribution in [2.24, 2.45) is 0 Å². The number of benzene rings is 1. The summed E-state index contributed by atoms with van der Waals surface area (Å²) in [6, 6.07) is 6.62. The van der Waals surface area contributed by atoms with Crippen LogP contribution in [0.5, 0.6) is 5.75 Å². The summed E-state index contributed by atoms with van der Waals surface area (Å²) in [5, 5.41) is 0. The van der Waals surface area contributed by atoms with Gasteiger partial charge in [0.05, 0.1) is 0 Å². The molecule has 3 heteroatoms. The molecule has 0 saturated carbocycles. The highest BCUT2D eigenvalue weighted by atomic mass is 127. The monoisotopic (exact) mass is 407 g/mol. The molecule has 1 atom stereocenters. The zero-order valence-electron chi connectivity index (χ0n) is 13.2. The summed E-state index contributed by atoms with van der Waals surface area (Å²) < 4.78 is 7.33. The third-order valence-corrected chi connectivity index (χ3v) is 4.69. The second kappa shape index (κ2) is 6.90. The Hall–Kier alpha value is -1.23. The van der Waals surface area contributed by atoms with Crippen LogP contribution in [0.25, 0.3) is 5.57 Å². The molecule has 1 aliphatic heterocycles. The van der Waals surface area contributed by atoms with Crippen molar-refractivity contribution in [3.05, 3.63) is 51.6 Å². The molecular formula is C19H22INO. The number of halogens is 1. The lowest BCUT2D eigenvalue weighted by Gasteiger charge is -2.24. The third kappa shape index (κ3) is 3.09. The summed E-state index contributed by atoms with van der Waals surface area (Å²) in [5.41, 5.74) is 3.83. The number of hydrogen-bond donors (Lipinski definition) is 0. The normalized spacial score (nSPS) is 18.8. The molecule has 1 heterocycles. The number of anilines is 1. The van der Waals surface area contributed by atoms with E-state index in [0.717, 1.165) is 18.8 Å². The van der Waals surface area contributed by atoms with Gasteiger partial charge in [0, 0.05) is 33.5 Å². The highest BCUT2D eigenvalue weighted by Crippen LogP contribution is 2.42. The second-order valence-electron chi connectivity index (χ2n) is 5.74. The number of nitrogens with zero attached hydrogens (tertiary/aromatic N) is 1. The minimum atomic E-state index is 0.0552. The molecule has 2 nitrogen and oxygen atoms in total. The first-order valence-electron chi connectivity index (χ1n) is 8.04. The van der Waals surface area contributed by atoms with E-state index in [2.05, 4.69) is 83.8 Å². The van der Waals surface area contributed by atoms with Crippen LogP contribution in [-0.4, -0.2) is 19.2 Å². The Morgan fingerprint density at radius 2 is 1.95 bits per heavy atom. The summed E-state index contributed by atoms with van der Waals surface area (Å²) in [6.45, 7) is 6.68. The van der Waals surface area contributed by atoms with Gasteiger partial charge in [-0.1, -0.05) is 19.9 Å². The maximum absolute atomic E-state index is 6.08. The number of allylic oxidation sites excluding steroid dienone is 4. The Labute approximate surface area is 146 Å². The molecule has 1 aromatic rings. The molecule has 0 N–H and O–H groups in total. The molecule has 0 radical (unpaired) electrons. The van der Waals surface area contributed by atoms with E-state index >= 15 is 0 Å². The van der Waals surface area contributed by atoms with E-state index in [-0.39, 0.29) is 6.10 Å². The van der Waals surface area contributed by atoms with Crippen molar-refractivity contribution >= 4 is 33.9 Å². The molecule has 0 bridgehead atoms. The van der Waals surface area contributed by atoms with Crippen molar-refractivity contribution < 1.29 is 4.74 Å². The van der Waals surface area contributed by atoms with Gasteiger partial charge in [0.1, 0.15) is 11.9 Å². The van der Waals surface area contributed by atoms with Gasteiger partial charge in [0.25, 0.3) is 0 Å². The molecular weight excluding hydrogens is 385 g/mol. The summed E-state index contributed by atoms with van der Waals surface area (Å²) >= 11 is 2.37. The largest absolute Gasteiger partial charge is 0.481 e. The van der Waals surface area contributed by atoms with Crippen LogP contribution in [0.1, 0.15) is 32.3 Å². The van der Waals surface area contributed by atoms with E-state index in [1.54, 1.807) is 0 Å². The van der Waals surface area contributed by atoms with Gasteiger partial charge >= 0.3 is 0 Å². The zero-order chi connectivity index (χ0) is 15.5. The second-order valence-corrected chi connectivity index (χ2v) is 6.99. The number of fused-ring (bicyclic) bond motifs is 3. The Balaban J connectivity index is 1.98. The van der Waals surface area contributed by atoms with E-state index in [0.29, 0.717) is 0 Å². The van der Waals surface area contributed by atoms with Gasteiger partial charge in [-0.2, -0.15) is 0 Å². The fourth-order valence-electron chi connectivity index (χ4n) is 3.05. The van der Waals surface area contributed by atoms with Crippen molar-refractivity contribution in [1.82, 2.24) is 0 Å². The summed E-state index contributed by atoms with van der Waals surface area (Å²) in [4.78, 5) is 2.47. The van der Waals surface area contributed by atoms with Crippen molar-refractivity contribution in [2.45, 2.75) is 32.8 Å². The molecule has 0 saturated heterocycles. The van der Waals surface area contributed by atoms with Crippen LogP contribution in [0.4, 0.5) is 5.69 Å². The van der Waals surface area contributed by atoms with Gasteiger partial charge in [0.15, 0.2) is 0 Å². The minimum absolute atomic E-state index is 0.0552. The first-order valence-corrected chi connectivity index (χ1v) is 9.12. The first kappa shape index (κ1) is 15.7. The molecule has 22 heavy (non-hydrogen) atoms. The molecule has 3 rings (SSSR count). The molecule has 0 fully saturated rings. The smallest absolute Gasteiger partial charge is 0.143 e. The summed E-state index contributed by atoms with van der Waals surface area (Å²) in [6.07, 6.45) is 11.0. The van der Waals surface area contributed by atoms with Gasteiger partial charge in [0.2, 0.25) is 0 Å². The lowest BCUT2D eigenvalue weighted by Crippen LogP contribution is -2.24. The van der Waals surface area contributed by atoms with Crippen molar-refractivity contribution in [3.8, 4) is 5.75 Å². The first-order chi connectivity index (χ1) is 10.7. The molecule has 1 aromatic carbocycles. The molecule has 116 valence electrons. The number of ether oxygens (including phenoxy) is 1. The maximum Gasteiger partial charge on any atom is 0.143 e. The van der Waals surface area contributed by atoms with E-state index in [1.165, 1.54) is 33.2 Å². The fourth-order valence-corrected chi connectivity index (χ4v) is 3.60. The van der Waals surface area contributed by atoms with Crippen molar-refractivity contribution in [3.63, 3.8) is 0 Å². The maximum atomic E-state index is 6.08. The van der Waals surface area contributed by atoms with Crippen LogP contribution < -0.4 is 9.64 Å². The highest BCUT2D eigenvalue weighted by Gasteiger charge is 2.28. The average molecular weight is 407 g/mol. The van der Waals surface area contributed by atoms with E-state index in [9.17, 15) is 0 Å². The topological polar surface area (TPSA) is 12.5 Å². The van der Waals surface area contributed by atoms with Crippen molar-refractivity contribution in [1.29, 1.82) is 0 Å². The Bertz CT molecular complexity index is 639. The summed E-state index contributed by atoms with van der Waals surface area (Å²) in [5.74, 6) is 1.00. The SMILES string of the molecule is CCCN(CCC)c1ccc2c(c1)C1=CC(I)=CC=CC1O2. The fraction of sp³-hybridized carbons (Fsp3) is 0.368. The predicted octanol–water partition coefficient (Wildman–Crippen LogP) is 5.35. The quantitative estimate of drug-likeness (QED) is 0.611. The molecule has 0 aromatic heterocycles. The Morgan fingerprint density at radius 3 is 2.68 bits per heavy atom. The van der Waals surface area contributed by atoms with Crippen LogP contribution >= 0.6 is 22.6 Å². The third-order valence-electron chi connectivity index (χ3n) is 4.02. The van der Waals surface area contributed by atoms with Crippen LogP contribution in [0.15, 0.2) is 46.1 Å². The average Bonchev–Trinajstić information content (AvgIpc) is 2.73. The molecule has 0 spiro atoms. The highest BCUT2D eigenvalue weighted by molar-refractivity contribution is 14.1. The minimum Gasteiger partial charge on any atom is -0.481 e. The molecule has 0 amide bonds. The number of hydrogen-bond acceptors (Lipinski definition) is 2. The van der Waals surface area contributed by atoms with E-state index in [4.69, 9.17) is 4.74 Å². The van der Waals surface area contributed by atoms with Crippen LogP contribution in [0.2, 0.25) is 0 Å². The van der Waals surface area contributed by atoms with Gasteiger partial charge in [-0.25, -0.2) is 0 Å². The van der Waals surface area contributed by atoms with Gasteiger partial charge in [-0.3, -0.25) is 0 Å². The predicted molar refractivity (Wildman–Crippen MR) is 103 cm³/mol. The lowest BCUT2D eigenvalue weighted by atomic mass is 10.0. The number of rotatable bonds is 5. The molecule has 1 aliphatic carbocycles. The standard InChI is InChI=1S/C19H22INO/c1-3-10-21(11-4-2)15-8-9-19-17(13-15)16-12-14(20)6-5-7-18(16)22-19/h5-9,12-13,18H,3-4,10-11H2,1-2H3. The van der Waals surface area contributed by atoms with Gasteiger partial charge < -0.3 is 9.64 Å². The van der Waals surface area contributed by atoms with E-state index < -0.39 is 0 Å². The van der Waals surface area contributed by atoms with Crippen LogP contribution in [0, 0.1) is 0 Å². The zero-order valence-corrected chi connectivity index (χ0v) is 15.3. The molecule has 2 aliphatic rings. The lowest BCUT2D eigenvalue weighted by molar-refractivity contribution is 0.323. The van der Waals surface area contributed by atoms with Gasteiger partial charge in [-0.15, -0.1) is 0 Å². The Morgan fingerprint density at radius 1 is 1.18 bits per heavy atom. The van der Waals surface area contributed by atoms with Crippen molar-refractivity contribution in [2.75, 3.05) is 18.0 Å². The van der Waals surface area contributed by atoms with Gasteiger partial charge in [-0.05, 0) is 71.9 Å².